The summed E-state index contributed by atoms with van der Waals surface area (Å²) in [5, 5.41) is 14.0. The van der Waals surface area contributed by atoms with E-state index in [0.29, 0.717) is 39.2 Å². The van der Waals surface area contributed by atoms with Crippen LogP contribution in [0.25, 0.3) is 0 Å². The van der Waals surface area contributed by atoms with Crippen molar-refractivity contribution in [1.82, 2.24) is 10.6 Å². The first-order chi connectivity index (χ1) is 9.47. The summed E-state index contributed by atoms with van der Waals surface area (Å²) in [5.41, 5.74) is 0. The van der Waals surface area contributed by atoms with Crippen LogP contribution in [-0.2, 0) is 14.3 Å². The number of carbonyl (C=O) groups is 2. The SMILES string of the molecule is COCCOCCCNC(=O)N[C@@H](CC(C)C)C(=O)O. The maximum Gasteiger partial charge on any atom is 0.326 e. The number of hydrogen-bond acceptors (Lipinski definition) is 4. The third kappa shape index (κ3) is 10.6. The van der Waals surface area contributed by atoms with Crippen LogP contribution < -0.4 is 10.6 Å². The largest absolute Gasteiger partial charge is 0.480 e. The lowest BCUT2D eigenvalue weighted by Gasteiger charge is -2.16. The lowest BCUT2D eigenvalue weighted by molar-refractivity contribution is -0.139. The molecule has 0 spiro atoms. The fourth-order valence-corrected chi connectivity index (χ4v) is 1.52. The molecule has 0 aromatic rings. The van der Waals surface area contributed by atoms with Crippen LogP contribution in [0.3, 0.4) is 0 Å². The van der Waals surface area contributed by atoms with Crippen molar-refractivity contribution in [3.63, 3.8) is 0 Å². The zero-order valence-corrected chi connectivity index (χ0v) is 12.5. The molecule has 0 fully saturated rings. The van der Waals surface area contributed by atoms with Crippen LogP contribution >= 0.6 is 0 Å². The summed E-state index contributed by atoms with van der Waals surface area (Å²) in [6.07, 6.45) is 1.07. The lowest BCUT2D eigenvalue weighted by atomic mass is 10.0. The van der Waals surface area contributed by atoms with Gasteiger partial charge in [0.2, 0.25) is 0 Å². The second kappa shape index (κ2) is 11.5. The van der Waals surface area contributed by atoms with Gasteiger partial charge in [-0.3, -0.25) is 0 Å². The number of ether oxygens (including phenoxy) is 2. The first kappa shape index (κ1) is 18.7. The summed E-state index contributed by atoms with van der Waals surface area (Å²) in [5.74, 6) is -0.817. The highest BCUT2D eigenvalue weighted by Crippen LogP contribution is 2.04. The van der Waals surface area contributed by atoms with Crippen LogP contribution in [0.15, 0.2) is 0 Å². The predicted octanol–water partition coefficient (Wildman–Crippen LogP) is 0.838. The number of nitrogens with one attached hydrogen (secondary N) is 2. The van der Waals surface area contributed by atoms with Crippen LogP contribution in [-0.4, -0.2) is 56.6 Å². The molecule has 0 aromatic carbocycles. The average Bonchev–Trinajstić information content (AvgIpc) is 2.36. The molecular weight excluding hydrogens is 264 g/mol. The van der Waals surface area contributed by atoms with Gasteiger partial charge in [0.05, 0.1) is 13.2 Å². The summed E-state index contributed by atoms with van der Waals surface area (Å²) in [6.45, 7) is 5.85. The lowest BCUT2D eigenvalue weighted by Crippen LogP contribution is -2.46. The molecule has 7 nitrogen and oxygen atoms in total. The molecule has 0 heterocycles. The van der Waals surface area contributed by atoms with Crippen molar-refractivity contribution < 1.29 is 24.2 Å². The molecule has 0 aromatic heterocycles. The molecule has 7 heteroatoms. The Balaban J connectivity index is 3.72. The van der Waals surface area contributed by atoms with E-state index in [1.54, 1.807) is 7.11 Å². The van der Waals surface area contributed by atoms with Crippen LogP contribution in [0, 0.1) is 5.92 Å². The number of rotatable bonds is 11. The topological polar surface area (TPSA) is 96.9 Å². The number of aliphatic carboxylic acids is 1. The van der Waals surface area contributed by atoms with E-state index in [0.717, 1.165) is 0 Å². The number of carbonyl (C=O) groups excluding carboxylic acids is 1. The van der Waals surface area contributed by atoms with Crippen molar-refractivity contribution in [2.45, 2.75) is 32.7 Å². The van der Waals surface area contributed by atoms with Crippen molar-refractivity contribution in [2.75, 3.05) is 33.5 Å². The Morgan fingerprint density at radius 3 is 2.45 bits per heavy atom. The summed E-state index contributed by atoms with van der Waals surface area (Å²) in [6, 6.07) is -1.32. The molecule has 0 aliphatic heterocycles. The molecule has 0 rings (SSSR count). The van der Waals surface area contributed by atoms with Crippen LogP contribution in [0.4, 0.5) is 4.79 Å². The van der Waals surface area contributed by atoms with E-state index < -0.39 is 18.0 Å². The van der Waals surface area contributed by atoms with Gasteiger partial charge >= 0.3 is 12.0 Å². The fourth-order valence-electron chi connectivity index (χ4n) is 1.52. The van der Waals surface area contributed by atoms with E-state index in [1.165, 1.54) is 0 Å². The Morgan fingerprint density at radius 2 is 1.90 bits per heavy atom. The Kier molecular flexibility index (Phi) is 10.7. The molecule has 118 valence electrons. The van der Waals surface area contributed by atoms with Crippen molar-refractivity contribution >= 4 is 12.0 Å². The first-order valence-electron chi connectivity index (χ1n) is 6.81. The van der Waals surface area contributed by atoms with E-state index >= 15 is 0 Å². The second-order valence-electron chi connectivity index (χ2n) is 4.88. The molecule has 3 N–H and O–H groups in total. The highest BCUT2D eigenvalue weighted by molar-refractivity contribution is 5.82. The molecule has 0 bridgehead atoms. The second-order valence-corrected chi connectivity index (χ2v) is 4.88. The molecule has 0 aliphatic rings. The maximum absolute atomic E-state index is 11.5. The van der Waals surface area contributed by atoms with Gasteiger partial charge in [0.15, 0.2) is 0 Å². The number of urea groups is 1. The quantitative estimate of drug-likeness (QED) is 0.490. The third-order valence-corrected chi connectivity index (χ3v) is 2.49. The van der Waals surface area contributed by atoms with E-state index in [4.69, 9.17) is 14.6 Å². The normalized spacial score (nSPS) is 12.2. The maximum atomic E-state index is 11.5. The number of amides is 2. The average molecular weight is 290 g/mol. The van der Waals surface area contributed by atoms with Gasteiger partial charge in [0.25, 0.3) is 0 Å². The highest BCUT2D eigenvalue weighted by Gasteiger charge is 2.20. The Hall–Kier alpha value is -1.34. The molecule has 1 atom stereocenters. The first-order valence-corrected chi connectivity index (χ1v) is 6.81. The van der Waals surface area contributed by atoms with E-state index in [-0.39, 0.29) is 5.92 Å². The van der Waals surface area contributed by atoms with Crippen LogP contribution in [0.1, 0.15) is 26.7 Å². The van der Waals surface area contributed by atoms with Crippen LogP contribution in [0.2, 0.25) is 0 Å². The molecule has 0 radical (unpaired) electrons. The zero-order chi connectivity index (χ0) is 15.4. The predicted molar refractivity (Wildman–Crippen MR) is 74.7 cm³/mol. The summed E-state index contributed by atoms with van der Waals surface area (Å²) in [4.78, 5) is 22.5. The number of carboxylic acid groups (broad SMARTS) is 1. The summed E-state index contributed by atoms with van der Waals surface area (Å²) in [7, 11) is 1.60. The van der Waals surface area contributed by atoms with Gasteiger partial charge in [-0.1, -0.05) is 13.8 Å². The molecule has 0 unspecified atom stereocenters. The Morgan fingerprint density at radius 1 is 1.20 bits per heavy atom. The number of carboxylic acids is 1. The summed E-state index contributed by atoms with van der Waals surface area (Å²) >= 11 is 0. The zero-order valence-electron chi connectivity index (χ0n) is 12.5. The number of hydrogen-bond donors (Lipinski definition) is 3. The minimum Gasteiger partial charge on any atom is -0.480 e. The van der Waals surface area contributed by atoms with Crippen molar-refractivity contribution in [3.8, 4) is 0 Å². The van der Waals surface area contributed by atoms with Gasteiger partial charge in [-0.05, 0) is 18.8 Å². The Bertz CT molecular complexity index is 284. The Labute approximate surface area is 120 Å². The van der Waals surface area contributed by atoms with Crippen molar-refractivity contribution in [3.05, 3.63) is 0 Å². The van der Waals surface area contributed by atoms with E-state index in [1.807, 2.05) is 13.8 Å². The van der Waals surface area contributed by atoms with E-state index in [2.05, 4.69) is 10.6 Å². The molecular formula is C13H26N2O5. The number of methoxy groups -OCH3 is 1. The summed E-state index contributed by atoms with van der Waals surface area (Å²) < 4.78 is 10.1. The monoisotopic (exact) mass is 290 g/mol. The molecule has 0 aliphatic carbocycles. The minimum absolute atomic E-state index is 0.200. The standard InChI is InChI=1S/C13H26N2O5/c1-10(2)9-11(12(16)17)15-13(18)14-5-4-6-20-8-7-19-3/h10-11H,4-9H2,1-3H3,(H,16,17)(H2,14,15,18)/t11-/m0/s1. The molecule has 20 heavy (non-hydrogen) atoms. The molecule has 0 saturated carbocycles. The molecule has 0 saturated heterocycles. The minimum atomic E-state index is -1.02. The van der Waals surface area contributed by atoms with Gasteiger partial charge in [0.1, 0.15) is 6.04 Å². The van der Waals surface area contributed by atoms with Gasteiger partial charge in [0, 0.05) is 20.3 Å². The van der Waals surface area contributed by atoms with Crippen molar-refractivity contribution in [2.24, 2.45) is 5.92 Å². The van der Waals surface area contributed by atoms with Crippen LogP contribution in [0.5, 0.6) is 0 Å². The van der Waals surface area contributed by atoms with E-state index in [9.17, 15) is 9.59 Å². The van der Waals surface area contributed by atoms with Gasteiger partial charge in [-0.25, -0.2) is 9.59 Å². The molecule has 2 amide bonds. The fraction of sp³-hybridized carbons (Fsp3) is 0.846. The highest BCUT2D eigenvalue weighted by atomic mass is 16.5. The smallest absolute Gasteiger partial charge is 0.326 e. The van der Waals surface area contributed by atoms with Crippen molar-refractivity contribution in [1.29, 1.82) is 0 Å². The van der Waals surface area contributed by atoms with Gasteiger partial charge < -0.3 is 25.2 Å². The van der Waals surface area contributed by atoms with Gasteiger partial charge in [-0.2, -0.15) is 0 Å². The van der Waals surface area contributed by atoms with Gasteiger partial charge in [-0.15, -0.1) is 0 Å². The third-order valence-electron chi connectivity index (χ3n) is 2.49.